The average molecular weight is 326 g/mol. The van der Waals surface area contributed by atoms with Crippen molar-refractivity contribution in [3.8, 4) is 0 Å². The second-order valence-electron chi connectivity index (χ2n) is 6.26. The molecule has 4 nitrogen and oxygen atoms in total. The molecule has 2 aromatic rings. The molecule has 0 aliphatic heterocycles. The van der Waals surface area contributed by atoms with E-state index in [4.69, 9.17) is 4.74 Å². The molecule has 0 aliphatic rings. The van der Waals surface area contributed by atoms with Crippen molar-refractivity contribution in [1.29, 1.82) is 0 Å². The predicted molar refractivity (Wildman–Crippen MR) is 98.3 cm³/mol. The second kappa shape index (κ2) is 8.50. The van der Waals surface area contributed by atoms with Gasteiger partial charge in [-0.3, -0.25) is 4.79 Å². The topological polar surface area (TPSA) is 50.4 Å². The van der Waals surface area contributed by atoms with Gasteiger partial charge in [-0.05, 0) is 49.6 Å². The smallest absolute Gasteiger partial charge is 0.251 e. The number of anilines is 1. The number of carbonyl (C=O) groups excluding carboxylic acids is 1. The van der Waals surface area contributed by atoms with Crippen molar-refractivity contribution in [2.75, 3.05) is 12.4 Å². The third-order valence-electron chi connectivity index (χ3n) is 3.73. The molecular formula is C20H26N2O2. The summed E-state index contributed by atoms with van der Waals surface area (Å²) in [5, 5.41) is 6.32. The van der Waals surface area contributed by atoms with Crippen molar-refractivity contribution >= 4 is 11.6 Å². The van der Waals surface area contributed by atoms with Crippen LogP contribution in [0.1, 0.15) is 40.9 Å². The Kier molecular flexibility index (Phi) is 6.38. The number of hydrogen-bond acceptors (Lipinski definition) is 3. The second-order valence-corrected chi connectivity index (χ2v) is 6.26. The standard InChI is InChI=1S/C20H26N2O2/c1-14(2)22-20(23)19-11-18(10-5-15(19)3)21-12-16-6-8-17(9-7-16)13-24-4/h5-11,14,21H,12-13H2,1-4H3,(H,22,23). The molecule has 0 fully saturated rings. The van der Waals surface area contributed by atoms with Gasteiger partial charge in [0.25, 0.3) is 5.91 Å². The number of ether oxygens (including phenoxy) is 1. The van der Waals surface area contributed by atoms with Crippen LogP contribution >= 0.6 is 0 Å². The van der Waals surface area contributed by atoms with Gasteiger partial charge in [-0.1, -0.05) is 30.3 Å². The lowest BCUT2D eigenvalue weighted by atomic mass is 10.1. The van der Waals surface area contributed by atoms with Crippen LogP contribution in [0, 0.1) is 6.92 Å². The first kappa shape index (κ1) is 18.0. The van der Waals surface area contributed by atoms with Crippen LogP contribution in [0.2, 0.25) is 0 Å². The van der Waals surface area contributed by atoms with Gasteiger partial charge in [0.1, 0.15) is 0 Å². The van der Waals surface area contributed by atoms with E-state index in [1.807, 2.05) is 39.0 Å². The largest absolute Gasteiger partial charge is 0.381 e. The highest BCUT2D eigenvalue weighted by Crippen LogP contribution is 2.17. The molecule has 0 bridgehead atoms. The molecule has 0 atom stereocenters. The van der Waals surface area contributed by atoms with Gasteiger partial charge in [-0.2, -0.15) is 0 Å². The molecule has 2 N–H and O–H groups in total. The van der Waals surface area contributed by atoms with Crippen molar-refractivity contribution in [3.63, 3.8) is 0 Å². The molecule has 2 aromatic carbocycles. The number of aryl methyl sites for hydroxylation is 1. The van der Waals surface area contributed by atoms with Gasteiger partial charge in [0.15, 0.2) is 0 Å². The summed E-state index contributed by atoms with van der Waals surface area (Å²) in [7, 11) is 1.69. The molecule has 4 heteroatoms. The van der Waals surface area contributed by atoms with E-state index in [9.17, 15) is 4.79 Å². The maximum Gasteiger partial charge on any atom is 0.251 e. The van der Waals surface area contributed by atoms with Crippen molar-refractivity contribution < 1.29 is 9.53 Å². The Bertz CT molecular complexity index is 679. The number of carbonyl (C=O) groups is 1. The Hall–Kier alpha value is -2.33. The lowest BCUT2D eigenvalue weighted by molar-refractivity contribution is 0.0942. The highest BCUT2D eigenvalue weighted by Gasteiger charge is 2.10. The van der Waals surface area contributed by atoms with Crippen LogP contribution in [0.4, 0.5) is 5.69 Å². The molecule has 128 valence electrons. The van der Waals surface area contributed by atoms with E-state index in [1.54, 1.807) is 7.11 Å². The van der Waals surface area contributed by atoms with Crippen LogP contribution in [-0.2, 0) is 17.9 Å². The number of benzene rings is 2. The van der Waals surface area contributed by atoms with E-state index >= 15 is 0 Å². The van der Waals surface area contributed by atoms with E-state index in [-0.39, 0.29) is 11.9 Å². The van der Waals surface area contributed by atoms with Crippen LogP contribution in [0.3, 0.4) is 0 Å². The highest BCUT2D eigenvalue weighted by molar-refractivity contribution is 5.96. The molecule has 0 aromatic heterocycles. The van der Waals surface area contributed by atoms with Crippen molar-refractivity contribution in [2.24, 2.45) is 0 Å². The molecule has 0 saturated carbocycles. The van der Waals surface area contributed by atoms with Crippen molar-refractivity contribution in [2.45, 2.75) is 40.0 Å². The molecular weight excluding hydrogens is 300 g/mol. The Morgan fingerprint density at radius 1 is 1.08 bits per heavy atom. The highest BCUT2D eigenvalue weighted by atomic mass is 16.5. The molecule has 1 amide bonds. The number of methoxy groups -OCH3 is 1. The van der Waals surface area contributed by atoms with Gasteiger partial charge < -0.3 is 15.4 Å². The third kappa shape index (κ3) is 5.10. The summed E-state index contributed by atoms with van der Waals surface area (Å²) >= 11 is 0. The fourth-order valence-corrected chi connectivity index (χ4v) is 2.44. The molecule has 0 saturated heterocycles. The van der Waals surface area contributed by atoms with Gasteiger partial charge in [-0.25, -0.2) is 0 Å². The van der Waals surface area contributed by atoms with Gasteiger partial charge in [0.05, 0.1) is 6.61 Å². The normalized spacial score (nSPS) is 10.7. The molecule has 2 rings (SSSR count). The molecule has 0 radical (unpaired) electrons. The third-order valence-corrected chi connectivity index (χ3v) is 3.73. The van der Waals surface area contributed by atoms with Crippen LogP contribution in [-0.4, -0.2) is 19.1 Å². The zero-order valence-corrected chi connectivity index (χ0v) is 14.8. The van der Waals surface area contributed by atoms with E-state index in [2.05, 4.69) is 34.9 Å². The van der Waals surface area contributed by atoms with Crippen molar-refractivity contribution in [3.05, 3.63) is 64.7 Å². The number of nitrogens with one attached hydrogen (secondary N) is 2. The Morgan fingerprint density at radius 3 is 2.38 bits per heavy atom. The quantitative estimate of drug-likeness (QED) is 0.811. The molecule has 0 aliphatic carbocycles. The SMILES string of the molecule is COCc1ccc(CNc2ccc(C)c(C(=O)NC(C)C)c2)cc1. The Morgan fingerprint density at radius 2 is 1.75 bits per heavy atom. The van der Waals surface area contributed by atoms with Crippen LogP contribution in [0.5, 0.6) is 0 Å². The summed E-state index contributed by atoms with van der Waals surface area (Å²) in [6.45, 7) is 7.21. The minimum atomic E-state index is -0.0323. The van der Waals surface area contributed by atoms with Gasteiger partial charge in [0.2, 0.25) is 0 Å². The van der Waals surface area contributed by atoms with E-state index in [0.29, 0.717) is 18.7 Å². The minimum absolute atomic E-state index is 0.0323. The Balaban J connectivity index is 2.03. The minimum Gasteiger partial charge on any atom is -0.381 e. The summed E-state index contributed by atoms with van der Waals surface area (Å²) in [4.78, 5) is 12.3. The molecule has 0 unspecified atom stereocenters. The van der Waals surface area contributed by atoms with Gasteiger partial charge >= 0.3 is 0 Å². The first-order chi connectivity index (χ1) is 11.5. The number of amides is 1. The molecule has 0 spiro atoms. The van der Waals surface area contributed by atoms with Crippen LogP contribution < -0.4 is 10.6 Å². The first-order valence-corrected chi connectivity index (χ1v) is 8.21. The summed E-state index contributed by atoms with van der Waals surface area (Å²) in [6.07, 6.45) is 0. The maximum atomic E-state index is 12.3. The van der Waals surface area contributed by atoms with Crippen LogP contribution in [0.15, 0.2) is 42.5 Å². The van der Waals surface area contributed by atoms with Crippen molar-refractivity contribution in [1.82, 2.24) is 5.32 Å². The zero-order valence-electron chi connectivity index (χ0n) is 14.8. The monoisotopic (exact) mass is 326 g/mol. The molecule has 0 heterocycles. The van der Waals surface area contributed by atoms with E-state index in [1.165, 1.54) is 5.56 Å². The van der Waals surface area contributed by atoms with Crippen LogP contribution in [0.25, 0.3) is 0 Å². The fourth-order valence-electron chi connectivity index (χ4n) is 2.44. The first-order valence-electron chi connectivity index (χ1n) is 8.21. The summed E-state index contributed by atoms with van der Waals surface area (Å²) in [5.74, 6) is -0.0323. The van der Waals surface area contributed by atoms with Gasteiger partial charge in [0, 0.05) is 30.9 Å². The lowest BCUT2D eigenvalue weighted by Crippen LogP contribution is -2.30. The summed E-state index contributed by atoms with van der Waals surface area (Å²) in [6, 6.07) is 14.3. The predicted octanol–water partition coefficient (Wildman–Crippen LogP) is 3.89. The summed E-state index contributed by atoms with van der Waals surface area (Å²) < 4.78 is 5.12. The lowest BCUT2D eigenvalue weighted by Gasteiger charge is -2.13. The number of rotatable bonds is 7. The summed E-state index contributed by atoms with van der Waals surface area (Å²) in [5.41, 5.74) is 4.97. The van der Waals surface area contributed by atoms with Gasteiger partial charge in [-0.15, -0.1) is 0 Å². The zero-order chi connectivity index (χ0) is 17.5. The average Bonchev–Trinajstić information content (AvgIpc) is 2.55. The number of hydrogen-bond donors (Lipinski definition) is 2. The Labute approximate surface area is 144 Å². The molecule has 24 heavy (non-hydrogen) atoms. The maximum absolute atomic E-state index is 12.3. The van der Waals surface area contributed by atoms with E-state index in [0.717, 1.165) is 16.8 Å². The fraction of sp³-hybridized carbons (Fsp3) is 0.350. The van der Waals surface area contributed by atoms with E-state index < -0.39 is 0 Å².